The molecule has 1 aromatic carbocycles. The maximum absolute atomic E-state index is 13.1. The normalized spacial score (nSPS) is 26.2. The second-order valence-corrected chi connectivity index (χ2v) is 6.85. The van der Waals surface area contributed by atoms with Crippen LogP contribution >= 0.6 is 0 Å². The lowest BCUT2D eigenvalue weighted by molar-refractivity contribution is 0.0512. The van der Waals surface area contributed by atoms with Gasteiger partial charge in [0, 0.05) is 34.7 Å². The minimum Gasteiger partial charge on any atom is -0.361 e. The molecule has 1 N–H and O–H groups in total. The fraction of sp³-hybridized carbons (Fsp3) is 0.389. The number of piperidine rings is 1. The van der Waals surface area contributed by atoms with Gasteiger partial charge in [0.15, 0.2) is 0 Å². The van der Waals surface area contributed by atoms with Crippen molar-refractivity contribution in [1.82, 2.24) is 24.9 Å². The first-order valence-electron chi connectivity index (χ1n) is 8.55. The number of H-pyrrole nitrogens is 1. The summed E-state index contributed by atoms with van der Waals surface area (Å²) in [6, 6.07) is 8.84. The van der Waals surface area contributed by atoms with Crippen molar-refractivity contribution in [2.45, 2.75) is 43.8 Å². The van der Waals surface area contributed by atoms with Crippen molar-refractivity contribution in [2.24, 2.45) is 0 Å². The Kier molecular flexibility index (Phi) is 2.98. The van der Waals surface area contributed by atoms with Crippen LogP contribution in [0.2, 0.25) is 0 Å². The zero-order valence-electron chi connectivity index (χ0n) is 13.3. The molecule has 1 amide bonds. The molecular weight excluding hydrogens is 302 g/mol. The quantitative estimate of drug-likeness (QED) is 0.789. The van der Waals surface area contributed by atoms with Crippen molar-refractivity contribution in [3.8, 4) is 0 Å². The lowest BCUT2D eigenvalue weighted by atomic mass is 9.96. The van der Waals surface area contributed by atoms with Crippen molar-refractivity contribution in [1.29, 1.82) is 0 Å². The van der Waals surface area contributed by atoms with E-state index >= 15 is 0 Å². The van der Waals surface area contributed by atoms with Gasteiger partial charge < -0.3 is 9.88 Å². The molecular formula is C18H19N5O. The number of carbonyl (C=O) groups excluding carboxylic acids is 1. The molecule has 2 aliphatic heterocycles. The molecule has 0 saturated carbocycles. The van der Waals surface area contributed by atoms with Crippen molar-refractivity contribution in [3.63, 3.8) is 0 Å². The number of hydrogen-bond donors (Lipinski definition) is 1. The fourth-order valence-corrected chi connectivity index (χ4v) is 4.42. The summed E-state index contributed by atoms with van der Waals surface area (Å²) >= 11 is 0. The predicted octanol–water partition coefficient (Wildman–Crippen LogP) is 2.77. The van der Waals surface area contributed by atoms with Crippen LogP contribution in [0, 0.1) is 0 Å². The zero-order valence-corrected chi connectivity index (χ0v) is 13.3. The van der Waals surface area contributed by atoms with E-state index in [-0.39, 0.29) is 5.91 Å². The van der Waals surface area contributed by atoms with Crippen LogP contribution in [0.25, 0.3) is 10.9 Å². The SMILES string of the molecule is O=C(c1ccc2[nH]ccc2c1)N1C2CCC1CC(n1nccn1)C2. The molecule has 5 rings (SSSR count). The number of aromatic amines is 1. The fourth-order valence-electron chi connectivity index (χ4n) is 4.42. The zero-order chi connectivity index (χ0) is 16.1. The second kappa shape index (κ2) is 5.19. The summed E-state index contributed by atoms with van der Waals surface area (Å²) in [5.41, 5.74) is 1.85. The third-order valence-corrected chi connectivity index (χ3v) is 5.51. The highest BCUT2D eigenvalue weighted by Gasteiger charge is 2.44. The molecule has 4 heterocycles. The van der Waals surface area contributed by atoms with E-state index in [1.807, 2.05) is 35.3 Å². The van der Waals surface area contributed by atoms with Crippen LogP contribution in [-0.4, -0.2) is 42.9 Å². The Labute approximate surface area is 139 Å². The minimum atomic E-state index is 0.164. The van der Waals surface area contributed by atoms with Gasteiger partial charge in [0.2, 0.25) is 0 Å². The van der Waals surface area contributed by atoms with Gasteiger partial charge in [0.25, 0.3) is 5.91 Å². The lowest BCUT2D eigenvalue weighted by Gasteiger charge is -2.38. The molecule has 2 unspecified atom stereocenters. The molecule has 2 aromatic heterocycles. The molecule has 0 aliphatic carbocycles. The Morgan fingerprint density at radius 1 is 1.04 bits per heavy atom. The third kappa shape index (κ3) is 2.06. The van der Waals surface area contributed by atoms with Crippen LogP contribution in [0.5, 0.6) is 0 Å². The van der Waals surface area contributed by atoms with Gasteiger partial charge in [0.05, 0.1) is 18.4 Å². The van der Waals surface area contributed by atoms with Crippen molar-refractivity contribution in [3.05, 3.63) is 48.4 Å². The summed E-state index contributed by atoms with van der Waals surface area (Å²) in [6.45, 7) is 0. The topological polar surface area (TPSA) is 66.8 Å². The summed E-state index contributed by atoms with van der Waals surface area (Å²) < 4.78 is 0. The second-order valence-electron chi connectivity index (χ2n) is 6.85. The van der Waals surface area contributed by atoms with Crippen LogP contribution in [0.15, 0.2) is 42.9 Å². The van der Waals surface area contributed by atoms with Gasteiger partial charge in [-0.05, 0) is 49.9 Å². The Balaban J connectivity index is 1.42. The molecule has 0 spiro atoms. The Hall–Kier alpha value is -2.63. The monoisotopic (exact) mass is 321 g/mol. The summed E-state index contributed by atoms with van der Waals surface area (Å²) in [5.74, 6) is 0.164. The first-order valence-corrected chi connectivity index (χ1v) is 8.55. The largest absolute Gasteiger partial charge is 0.361 e. The summed E-state index contributed by atoms with van der Waals surface area (Å²) in [5, 5.41) is 9.67. The number of benzene rings is 1. The average Bonchev–Trinajstić information content (AvgIpc) is 3.33. The van der Waals surface area contributed by atoms with E-state index in [1.165, 1.54) is 0 Å². The van der Waals surface area contributed by atoms with E-state index < -0.39 is 0 Å². The first kappa shape index (κ1) is 13.8. The highest BCUT2D eigenvalue weighted by Crippen LogP contribution is 2.41. The van der Waals surface area contributed by atoms with E-state index in [4.69, 9.17) is 0 Å². The third-order valence-electron chi connectivity index (χ3n) is 5.51. The van der Waals surface area contributed by atoms with Crippen molar-refractivity contribution in [2.75, 3.05) is 0 Å². The highest BCUT2D eigenvalue weighted by atomic mass is 16.2. The number of aromatic nitrogens is 4. The van der Waals surface area contributed by atoms with E-state index in [0.29, 0.717) is 18.1 Å². The molecule has 0 radical (unpaired) electrons. The lowest BCUT2D eigenvalue weighted by Crippen LogP contribution is -2.47. The predicted molar refractivity (Wildman–Crippen MR) is 89.6 cm³/mol. The molecule has 2 atom stereocenters. The number of rotatable bonds is 2. The number of carbonyl (C=O) groups is 1. The molecule has 24 heavy (non-hydrogen) atoms. The number of nitrogens with one attached hydrogen (secondary N) is 1. The van der Waals surface area contributed by atoms with E-state index in [9.17, 15) is 4.79 Å². The Morgan fingerprint density at radius 3 is 2.54 bits per heavy atom. The standard InChI is InChI=1S/C18H19N5O/c24-18(13-1-4-17-12(9-13)5-6-19-17)22-14-2-3-15(22)11-16(10-14)23-20-7-8-21-23/h1,4-9,14-16,19H,2-3,10-11H2. The van der Waals surface area contributed by atoms with Crippen LogP contribution < -0.4 is 0 Å². The highest BCUT2D eigenvalue weighted by molar-refractivity contribution is 5.98. The molecule has 2 fully saturated rings. The van der Waals surface area contributed by atoms with Gasteiger partial charge in [-0.2, -0.15) is 15.0 Å². The van der Waals surface area contributed by atoms with E-state index in [0.717, 1.165) is 42.1 Å². The molecule has 2 bridgehead atoms. The van der Waals surface area contributed by atoms with Gasteiger partial charge in [-0.3, -0.25) is 4.79 Å². The molecule has 2 aliphatic rings. The Bertz CT molecular complexity index is 870. The average molecular weight is 321 g/mol. The molecule has 6 heteroatoms. The van der Waals surface area contributed by atoms with Gasteiger partial charge in [-0.15, -0.1) is 0 Å². The minimum absolute atomic E-state index is 0.164. The smallest absolute Gasteiger partial charge is 0.254 e. The molecule has 2 saturated heterocycles. The van der Waals surface area contributed by atoms with Crippen LogP contribution in [0.4, 0.5) is 0 Å². The van der Waals surface area contributed by atoms with Crippen LogP contribution in [-0.2, 0) is 0 Å². The summed E-state index contributed by atoms with van der Waals surface area (Å²) in [6.07, 6.45) is 9.43. The summed E-state index contributed by atoms with van der Waals surface area (Å²) in [4.78, 5) is 20.2. The maximum atomic E-state index is 13.1. The maximum Gasteiger partial charge on any atom is 0.254 e. The van der Waals surface area contributed by atoms with Gasteiger partial charge in [-0.1, -0.05) is 0 Å². The van der Waals surface area contributed by atoms with Crippen molar-refractivity contribution >= 4 is 16.8 Å². The number of hydrogen-bond acceptors (Lipinski definition) is 3. The van der Waals surface area contributed by atoms with E-state index in [2.05, 4.69) is 20.1 Å². The van der Waals surface area contributed by atoms with Crippen LogP contribution in [0.1, 0.15) is 42.1 Å². The number of amides is 1. The van der Waals surface area contributed by atoms with Gasteiger partial charge in [-0.25, -0.2) is 0 Å². The molecule has 122 valence electrons. The van der Waals surface area contributed by atoms with Gasteiger partial charge in [0.1, 0.15) is 0 Å². The van der Waals surface area contributed by atoms with Gasteiger partial charge >= 0.3 is 0 Å². The van der Waals surface area contributed by atoms with Crippen molar-refractivity contribution < 1.29 is 4.79 Å². The first-order chi connectivity index (χ1) is 11.8. The van der Waals surface area contributed by atoms with E-state index in [1.54, 1.807) is 12.4 Å². The molecule has 6 nitrogen and oxygen atoms in total. The Morgan fingerprint density at radius 2 is 1.79 bits per heavy atom. The number of fused-ring (bicyclic) bond motifs is 3. The molecule has 3 aromatic rings. The van der Waals surface area contributed by atoms with Crippen LogP contribution in [0.3, 0.4) is 0 Å². The summed E-state index contributed by atoms with van der Waals surface area (Å²) in [7, 11) is 0. The number of nitrogens with zero attached hydrogens (tertiary/aromatic N) is 4.